The number of benzene rings is 1. The van der Waals surface area contributed by atoms with Gasteiger partial charge >= 0.3 is 0 Å². The minimum atomic E-state index is 0.0306. The number of aromatic nitrogens is 1. The number of ether oxygens (including phenoxy) is 1. The SMILES string of the molecule is O=C(C[C@@H]1CCN2C[C@@H]1/C=C\COc1ccccc1CN(C1CCC1)CC2=O)NCc1ccccn1. The van der Waals surface area contributed by atoms with E-state index in [9.17, 15) is 9.59 Å². The van der Waals surface area contributed by atoms with Crippen LogP contribution >= 0.6 is 0 Å². The lowest BCUT2D eigenvalue weighted by Gasteiger charge is -2.41. The Morgan fingerprint density at radius 2 is 1.94 bits per heavy atom. The Morgan fingerprint density at radius 3 is 2.75 bits per heavy atom. The molecule has 2 atom stereocenters. The zero-order valence-corrected chi connectivity index (χ0v) is 20.9. The predicted molar refractivity (Wildman–Crippen MR) is 138 cm³/mol. The van der Waals surface area contributed by atoms with Gasteiger partial charge < -0.3 is 15.0 Å². The first kappa shape index (κ1) is 24.5. The maximum atomic E-state index is 13.4. The lowest BCUT2D eigenvalue weighted by Crippen LogP contribution is -2.50. The molecule has 1 aliphatic carbocycles. The van der Waals surface area contributed by atoms with Gasteiger partial charge in [0.1, 0.15) is 12.4 Å². The van der Waals surface area contributed by atoms with Crippen molar-refractivity contribution in [2.45, 2.75) is 51.2 Å². The van der Waals surface area contributed by atoms with Crippen LogP contribution in [0.1, 0.15) is 43.4 Å². The number of carbonyl (C=O) groups excluding carboxylic acids is 2. The van der Waals surface area contributed by atoms with E-state index < -0.39 is 0 Å². The molecule has 1 saturated heterocycles. The molecule has 190 valence electrons. The third-order valence-corrected chi connectivity index (χ3v) is 7.79. The van der Waals surface area contributed by atoms with E-state index in [-0.39, 0.29) is 23.7 Å². The maximum absolute atomic E-state index is 13.4. The summed E-state index contributed by atoms with van der Waals surface area (Å²) in [4.78, 5) is 34.8. The Labute approximate surface area is 213 Å². The normalized spacial score (nSPS) is 24.2. The van der Waals surface area contributed by atoms with Gasteiger partial charge in [0, 0.05) is 43.9 Å². The van der Waals surface area contributed by atoms with E-state index in [1.807, 2.05) is 41.3 Å². The van der Waals surface area contributed by atoms with E-state index in [1.165, 1.54) is 6.42 Å². The second-order valence-corrected chi connectivity index (χ2v) is 10.2. The first-order chi connectivity index (χ1) is 17.7. The van der Waals surface area contributed by atoms with Gasteiger partial charge in [-0.25, -0.2) is 0 Å². The number of fused-ring (bicyclic) bond motifs is 3. The highest BCUT2D eigenvalue weighted by atomic mass is 16.5. The molecule has 3 aliphatic rings. The van der Waals surface area contributed by atoms with Crippen LogP contribution in [0.5, 0.6) is 5.75 Å². The van der Waals surface area contributed by atoms with Gasteiger partial charge in [0.2, 0.25) is 11.8 Å². The standard InChI is InChI=1S/C29H36N4O3/c34-28(31-18-25-9-3-4-14-30-25)17-22-13-15-32-19-23(22)8-6-16-36-27-12-2-1-7-24(27)20-33(21-29(32)35)26-10-5-11-26/h1-4,6-9,12,14,22-23,26H,5,10-11,13,15-21H2,(H,31,34)/b8-6-/t22-,23-/m0/s1. The monoisotopic (exact) mass is 488 g/mol. The quantitative estimate of drug-likeness (QED) is 0.652. The van der Waals surface area contributed by atoms with Gasteiger partial charge in [0.15, 0.2) is 0 Å². The molecule has 7 heteroatoms. The summed E-state index contributed by atoms with van der Waals surface area (Å²) >= 11 is 0. The minimum Gasteiger partial charge on any atom is -0.489 e. The molecule has 3 heterocycles. The fraction of sp³-hybridized carbons (Fsp3) is 0.483. The van der Waals surface area contributed by atoms with Gasteiger partial charge in [-0.15, -0.1) is 0 Å². The third kappa shape index (κ3) is 6.13. The summed E-state index contributed by atoms with van der Waals surface area (Å²) < 4.78 is 6.15. The summed E-state index contributed by atoms with van der Waals surface area (Å²) in [6.07, 6.45) is 10.7. The second-order valence-electron chi connectivity index (χ2n) is 10.2. The van der Waals surface area contributed by atoms with Crippen LogP contribution in [-0.4, -0.2) is 58.9 Å². The number of hydrogen-bond donors (Lipinski definition) is 1. The predicted octanol–water partition coefficient (Wildman–Crippen LogP) is 3.56. The molecular weight excluding hydrogens is 452 g/mol. The topological polar surface area (TPSA) is 74.8 Å². The third-order valence-electron chi connectivity index (χ3n) is 7.79. The van der Waals surface area contributed by atoms with Crippen molar-refractivity contribution in [2.75, 3.05) is 26.2 Å². The summed E-state index contributed by atoms with van der Waals surface area (Å²) in [6.45, 7) is 3.43. The average Bonchev–Trinajstić information content (AvgIpc) is 2.87. The van der Waals surface area contributed by atoms with Crippen LogP contribution in [-0.2, 0) is 22.7 Å². The molecule has 1 N–H and O–H groups in total. The van der Waals surface area contributed by atoms with Crippen molar-refractivity contribution in [2.24, 2.45) is 11.8 Å². The molecule has 7 nitrogen and oxygen atoms in total. The fourth-order valence-corrected chi connectivity index (χ4v) is 5.43. The molecule has 2 amide bonds. The molecule has 2 fully saturated rings. The smallest absolute Gasteiger partial charge is 0.236 e. The van der Waals surface area contributed by atoms with Crippen molar-refractivity contribution in [1.29, 1.82) is 0 Å². The molecule has 0 radical (unpaired) electrons. The molecule has 5 rings (SSSR count). The highest BCUT2D eigenvalue weighted by Gasteiger charge is 2.34. The van der Waals surface area contributed by atoms with Crippen molar-refractivity contribution < 1.29 is 14.3 Å². The number of nitrogens with zero attached hydrogens (tertiary/aromatic N) is 3. The highest BCUT2D eigenvalue weighted by molar-refractivity contribution is 5.79. The number of nitrogens with one attached hydrogen (secondary N) is 1. The van der Waals surface area contributed by atoms with Gasteiger partial charge in [-0.2, -0.15) is 0 Å². The van der Waals surface area contributed by atoms with Crippen molar-refractivity contribution in [3.63, 3.8) is 0 Å². The zero-order valence-electron chi connectivity index (χ0n) is 20.9. The van der Waals surface area contributed by atoms with Gasteiger partial charge in [-0.05, 0) is 49.3 Å². The van der Waals surface area contributed by atoms with Gasteiger partial charge in [-0.1, -0.05) is 42.8 Å². The number of pyridine rings is 1. The van der Waals surface area contributed by atoms with Crippen LogP contribution in [0.25, 0.3) is 0 Å². The first-order valence-corrected chi connectivity index (χ1v) is 13.2. The highest BCUT2D eigenvalue weighted by Crippen LogP contribution is 2.31. The Balaban J connectivity index is 1.28. The van der Waals surface area contributed by atoms with Crippen molar-refractivity contribution in [3.05, 3.63) is 72.1 Å². The fourth-order valence-electron chi connectivity index (χ4n) is 5.43. The lowest BCUT2D eigenvalue weighted by atomic mass is 9.82. The molecule has 2 bridgehead atoms. The zero-order chi connectivity index (χ0) is 24.7. The van der Waals surface area contributed by atoms with E-state index >= 15 is 0 Å². The Hall–Kier alpha value is -3.19. The van der Waals surface area contributed by atoms with Crippen molar-refractivity contribution in [1.82, 2.24) is 20.1 Å². The van der Waals surface area contributed by atoms with Crippen LogP contribution < -0.4 is 10.1 Å². The average molecular weight is 489 g/mol. The molecule has 1 aromatic heterocycles. The van der Waals surface area contributed by atoms with Gasteiger partial charge in [0.05, 0.1) is 18.8 Å². The minimum absolute atomic E-state index is 0.0306. The van der Waals surface area contributed by atoms with Crippen molar-refractivity contribution in [3.8, 4) is 5.75 Å². The van der Waals surface area contributed by atoms with Crippen LogP contribution in [0.15, 0.2) is 60.8 Å². The Morgan fingerprint density at radius 1 is 1.08 bits per heavy atom. The van der Waals surface area contributed by atoms with Crippen LogP contribution in [0.3, 0.4) is 0 Å². The van der Waals surface area contributed by atoms with Gasteiger partial charge in [-0.3, -0.25) is 19.5 Å². The summed E-state index contributed by atoms with van der Waals surface area (Å²) in [5, 5.41) is 3.01. The summed E-state index contributed by atoms with van der Waals surface area (Å²) in [7, 11) is 0. The first-order valence-electron chi connectivity index (χ1n) is 13.2. The molecule has 1 saturated carbocycles. The van der Waals surface area contributed by atoms with Crippen LogP contribution in [0, 0.1) is 11.8 Å². The number of hydrogen-bond acceptors (Lipinski definition) is 5. The Kier molecular flexibility index (Phi) is 7.96. The largest absolute Gasteiger partial charge is 0.489 e. The molecular formula is C29H36N4O3. The second kappa shape index (κ2) is 11.7. The number of para-hydroxylation sites is 1. The number of amides is 2. The number of carbonyl (C=O) groups is 2. The molecule has 0 spiro atoms. The summed E-state index contributed by atoms with van der Waals surface area (Å²) in [5.74, 6) is 1.42. The lowest BCUT2D eigenvalue weighted by molar-refractivity contribution is -0.136. The van der Waals surface area contributed by atoms with E-state index in [0.717, 1.165) is 42.8 Å². The van der Waals surface area contributed by atoms with Crippen LogP contribution in [0.4, 0.5) is 0 Å². The summed E-state index contributed by atoms with van der Waals surface area (Å²) in [5.41, 5.74) is 1.98. The molecule has 2 aromatic rings. The van der Waals surface area contributed by atoms with E-state index in [1.54, 1.807) is 6.20 Å². The number of rotatable bonds is 5. The molecule has 36 heavy (non-hydrogen) atoms. The van der Waals surface area contributed by atoms with E-state index in [4.69, 9.17) is 4.74 Å². The summed E-state index contributed by atoms with van der Waals surface area (Å²) in [6, 6.07) is 14.3. The molecule has 1 aromatic carbocycles. The maximum Gasteiger partial charge on any atom is 0.236 e. The van der Waals surface area contributed by atoms with E-state index in [2.05, 4.69) is 33.4 Å². The van der Waals surface area contributed by atoms with Crippen LogP contribution in [0.2, 0.25) is 0 Å². The van der Waals surface area contributed by atoms with Gasteiger partial charge in [0.25, 0.3) is 0 Å². The Bertz CT molecular complexity index is 1070. The molecule has 0 unspecified atom stereocenters. The molecule has 2 aliphatic heterocycles. The number of piperidine rings is 1. The van der Waals surface area contributed by atoms with Crippen molar-refractivity contribution >= 4 is 11.8 Å². The van der Waals surface area contributed by atoms with E-state index in [0.29, 0.717) is 45.2 Å².